The minimum atomic E-state index is 0.742. The summed E-state index contributed by atoms with van der Waals surface area (Å²) in [7, 11) is 1.67. The SMILES string of the molecule is COc1ccc(-c2nc(-c3ccc(Cl)s3)[nH]c2-c2c[nH]c3ccccc23)cc1. The molecule has 4 nitrogen and oxygen atoms in total. The van der Waals surface area contributed by atoms with Gasteiger partial charge in [0.25, 0.3) is 0 Å². The van der Waals surface area contributed by atoms with Crippen LogP contribution in [0, 0.1) is 0 Å². The molecule has 0 amide bonds. The Bertz CT molecular complexity index is 1270. The van der Waals surface area contributed by atoms with E-state index in [0.29, 0.717) is 0 Å². The summed E-state index contributed by atoms with van der Waals surface area (Å²) in [5, 5.41) is 1.15. The Morgan fingerprint density at radius 2 is 1.82 bits per heavy atom. The standard InChI is InChI=1S/C22H16ClN3OS/c1-27-14-8-6-13(7-9-14)20-21(16-12-24-17-5-3-2-4-15(16)17)26-22(25-20)18-10-11-19(23)28-18/h2-12,24H,1H3,(H,25,26). The number of thiophene rings is 1. The van der Waals surface area contributed by atoms with Gasteiger partial charge in [0, 0.05) is 28.2 Å². The summed E-state index contributed by atoms with van der Waals surface area (Å²) in [5.74, 6) is 1.63. The van der Waals surface area contributed by atoms with E-state index < -0.39 is 0 Å². The number of aromatic nitrogens is 3. The zero-order chi connectivity index (χ0) is 19.1. The predicted molar refractivity (Wildman–Crippen MR) is 116 cm³/mol. The Morgan fingerprint density at radius 1 is 1.00 bits per heavy atom. The summed E-state index contributed by atoms with van der Waals surface area (Å²) in [5.41, 5.74) is 5.07. The van der Waals surface area contributed by atoms with Crippen LogP contribution in [0.15, 0.2) is 66.9 Å². The molecule has 6 heteroatoms. The number of fused-ring (bicyclic) bond motifs is 1. The van der Waals surface area contributed by atoms with Gasteiger partial charge in [0.1, 0.15) is 11.6 Å². The molecule has 0 spiro atoms. The van der Waals surface area contributed by atoms with Gasteiger partial charge in [0.15, 0.2) is 0 Å². The lowest BCUT2D eigenvalue weighted by molar-refractivity contribution is 0.415. The lowest BCUT2D eigenvalue weighted by Crippen LogP contribution is -1.85. The van der Waals surface area contributed by atoms with Gasteiger partial charge in [-0.1, -0.05) is 29.8 Å². The summed E-state index contributed by atoms with van der Waals surface area (Å²) in [6, 6.07) is 20.1. The Morgan fingerprint density at radius 3 is 2.57 bits per heavy atom. The van der Waals surface area contributed by atoms with E-state index in [-0.39, 0.29) is 0 Å². The molecule has 0 aliphatic rings. The van der Waals surface area contributed by atoms with Crippen molar-refractivity contribution in [1.29, 1.82) is 0 Å². The molecule has 0 atom stereocenters. The summed E-state index contributed by atoms with van der Waals surface area (Å²) in [6.45, 7) is 0. The number of hydrogen-bond donors (Lipinski definition) is 2. The average Bonchev–Trinajstić information content (AvgIpc) is 3.45. The highest BCUT2D eigenvalue weighted by atomic mass is 35.5. The van der Waals surface area contributed by atoms with Crippen molar-refractivity contribution in [1.82, 2.24) is 15.0 Å². The number of aromatic amines is 2. The third-order valence-electron chi connectivity index (χ3n) is 4.73. The normalized spacial score (nSPS) is 11.2. The molecule has 3 aromatic heterocycles. The van der Waals surface area contributed by atoms with Gasteiger partial charge in [0.2, 0.25) is 0 Å². The van der Waals surface area contributed by atoms with Crippen LogP contribution in [0.4, 0.5) is 0 Å². The molecule has 0 unspecified atom stereocenters. The van der Waals surface area contributed by atoms with Gasteiger partial charge in [-0.2, -0.15) is 0 Å². The van der Waals surface area contributed by atoms with Crippen LogP contribution in [-0.4, -0.2) is 22.1 Å². The third kappa shape index (κ3) is 2.89. The van der Waals surface area contributed by atoms with Crippen LogP contribution in [0.25, 0.3) is 44.1 Å². The molecule has 2 N–H and O–H groups in total. The molecule has 5 aromatic rings. The first-order chi connectivity index (χ1) is 13.7. The van der Waals surface area contributed by atoms with E-state index in [1.165, 1.54) is 11.3 Å². The zero-order valence-electron chi connectivity index (χ0n) is 15.0. The maximum absolute atomic E-state index is 6.14. The van der Waals surface area contributed by atoms with Gasteiger partial charge in [-0.05, 0) is 42.5 Å². The van der Waals surface area contributed by atoms with Crippen molar-refractivity contribution in [3.8, 4) is 39.0 Å². The number of rotatable bonds is 4. The number of methoxy groups -OCH3 is 1. The predicted octanol–water partition coefficient (Wildman–Crippen LogP) is 6.62. The average molecular weight is 406 g/mol. The lowest BCUT2D eigenvalue weighted by atomic mass is 10.0. The van der Waals surface area contributed by atoms with Crippen molar-refractivity contribution in [3.05, 3.63) is 71.2 Å². The van der Waals surface area contributed by atoms with Crippen molar-refractivity contribution >= 4 is 33.8 Å². The van der Waals surface area contributed by atoms with Crippen molar-refractivity contribution in [2.75, 3.05) is 7.11 Å². The molecule has 28 heavy (non-hydrogen) atoms. The fourth-order valence-corrected chi connectivity index (χ4v) is 4.35. The van der Waals surface area contributed by atoms with Crippen LogP contribution in [0.5, 0.6) is 5.75 Å². The number of hydrogen-bond acceptors (Lipinski definition) is 3. The second kappa shape index (κ2) is 6.86. The van der Waals surface area contributed by atoms with Gasteiger partial charge in [0.05, 0.1) is 27.7 Å². The first kappa shape index (κ1) is 17.1. The van der Waals surface area contributed by atoms with Gasteiger partial charge in [-0.3, -0.25) is 0 Å². The van der Waals surface area contributed by atoms with E-state index in [4.69, 9.17) is 21.3 Å². The molecule has 0 bridgehead atoms. The van der Waals surface area contributed by atoms with Crippen LogP contribution >= 0.6 is 22.9 Å². The molecule has 0 radical (unpaired) electrons. The summed E-state index contributed by atoms with van der Waals surface area (Å²) >= 11 is 7.65. The maximum atomic E-state index is 6.14. The largest absolute Gasteiger partial charge is 0.497 e. The fraction of sp³-hybridized carbons (Fsp3) is 0.0455. The maximum Gasteiger partial charge on any atom is 0.148 e. The van der Waals surface area contributed by atoms with Gasteiger partial charge >= 0.3 is 0 Å². The Labute approximate surface area is 170 Å². The monoisotopic (exact) mass is 405 g/mol. The van der Waals surface area contributed by atoms with E-state index in [2.05, 4.69) is 22.1 Å². The van der Waals surface area contributed by atoms with E-state index in [0.717, 1.165) is 54.2 Å². The number of nitrogens with zero attached hydrogens (tertiary/aromatic N) is 1. The molecule has 5 rings (SSSR count). The highest BCUT2D eigenvalue weighted by Crippen LogP contribution is 2.38. The molecule has 3 heterocycles. The molecular formula is C22H16ClN3OS. The number of benzene rings is 2. The quantitative estimate of drug-likeness (QED) is 0.353. The Balaban J connectivity index is 1.72. The number of para-hydroxylation sites is 1. The second-order valence-corrected chi connectivity index (χ2v) is 8.10. The highest BCUT2D eigenvalue weighted by Gasteiger charge is 2.18. The zero-order valence-corrected chi connectivity index (χ0v) is 16.6. The molecule has 0 saturated heterocycles. The Kier molecular flexibility index (Phi) is 4.19. The van der Waals surface area contributed by atoms with Gasteiger partial charge < -0.3 is 14.7 Å². The summed E-state index contributed by atoms with van der Waals surface area (Å²) in [4.78, 5) is 12.8. The van der Waals surface area contributed by atoms with Crippen molar-refractivity contribution in [3.63, 3.8) is 0 Å². The van der Waals surface area contributed by atoms with E-state index in [9.17, 15) is 0 Å². The summed E-state index contributed by atoms with van der Waals surface area (Å²) < 4.78 is 6.04. The van der Waals surface area contributed by atoms with Gasteiger partial charge in [-0.25, -0.2) is 4.98 Å². The first-order valence-electron chi connectivity index (χ1n) is 8.79. The van der Waals surface area contributed by atoms with Crippen molar-refractivity contribution < 1.29 is 4.74 Å². The van der Waals surface area contributed by atoms with Crippen molar-refractivity contribution in [2.45, 2.75) is 0 Å². The molecule has 2 aromatic carbocycles. The van der Waals surface area contributed by atoms with Crippen LogP contribution < -0.4 is 4.74 Å². The Hall–Kier alpha value is -3.02. The van der Waals surface area contributed by atoms with Crippen LogP contribution in [0.3, 0.4) is 0 Å². The van der Waals surface area contributed by atoms with Gasteiger partial charge in [-0.15, -0.1) is 11.3 Å². The number of halogens is 1. The molecular weight excluding hydrogens is 390 g/mol. The highest BCUT2D eigenvalue weighted by molar-refractivity contribution is 7.19. The van der Waals surface area contributed by atoms with Crippen molar-refractivity contribution in [2.24, 2.45) is 0 Å². The molecule has 0 fully saturated rings. The third-order valence-corrected chi connectivity index (χ3v) is 5.97. The summed E-state index contributed by atoms with van der Waals surface area (Å²) in [6.07, 6.45) is 2.02. The first-order valence-corrected chi connectivity index (χ1v) is 9.99. The molecule has 0 aliphatic heterocycles. The number of imidazole rings is 1. The smallest absolute Gasteiger partial charge is 0.148 e. The fourth-order valence-electron chi connectivity index (χ4n) is 3.36. The second-order valence-electron chi connectivity index (χ2n) is 6.39. The van der Waals surface area contributed by atoms with Crippen LogP contribution in [0.1, 0.15) is 0 Å². The molecule has 0 saturated carbocycles. The van der Waals surface area contributed by atoms with E-state index in [1.54, 1.807) is 7.11 Å². The van der Waals surface area contributed by atoms with E-state index in [1.807, 2.05) is 54.7 Å². The minimum Gasteiger partial charge on any atom is -0.497 e. The molecule has 138 valence electrons. The number of H-pyrrole nitrogens is 2. The van der Waals surface area contributed by atoms with Crippen LogP contribution in [-0.2, 0) is 0 Å². The lowest BCUT2D eigenvalue weighted by Gasteiger charge is -2.04. The minimum absolute atomic E-state index is 0.742. The molecule has 0 aliphatic carbocycles. The van der Waals surface area contributed by atoms with E-state index >= 15 is 0 Å². The number of nitrogens with one attached hydrogen (secondary N) is 2. The number of ether oxygens (including phenoxy) is 1. The topological polar surface area (TPSA) is 53.7 Å². The van der Waals surface area contributed by atoms with Crippen LogP contribution in [0.2, 0.25) is 4.34 Å².